The van der Waals surface area contributed by atoms with Crippen LogP contribution in [0.2, 0.25) is 0 Å². The van der Waals surface area contributed by atoms with Gasteiger partial charge in [0, 0.05) is 26.2 Å². The Morgan fingerprint density at radius 2 is 1.79 bits per heavy atom. The number of rotatable bonds is 7. The molecule has 3 rings (SSSR count). The second kappa shape index (κ2) is 10.2. The number of piperidine rings is 1. The third-order valence-electron chi connectivity index (χ3n) is 5.61. The van der Waals surface area contributed by atoms with Crippen LogP contribution in [-0.2, 0) is 4.74 Å². The summed E-state index contributed by atoms with van der Waals surface area (Å²) in [6, 6.07) is 9.07. The lowest BCUT2D eigenvalue weighted by atomic mass is 9.95. The monoisotopic (exact) mass is 387 g/mol. The van der Waals surface area contributed by atoms with Crippen LogP contribution in [-0.4, -0.2) is 79.1 Å². The summed E-state index contributed by atoms with van der Waals surface area (Å²) in [4.78, 5) is 4.90. The van der Waals surface area contributed by atoms with E-state index in [9.17, 15) is 5.11 Å². The molecular weight excluding hydrogens is 354 g/mol. The second-order valence-electron chi connectivity index (χ2n) is 8.32. The van der Waals surface area contributed by atoms with Gasteiger partial charge in [0.05, 0.1) is 23.8 Å². The minimum Gasteiger partial charge on any atom is -0.491 e. The predicted molar refractivity (Wildman–Crippen MR) is 108 cm³/mol. The fourth-order valence-electron chi connectivity index (χ4n) is 4.32. The van der Waals surface area contributed by atoms with Gasteiger partial charge < -0.3 is 19.5 Å². The average Bonchev–Trinajstić information content (AvgIpc) is 2.67. The van der Waals surface area contributed by atoms with Gasteiger partial charge in [0.25, 0.3) is 0 Å². The Morgan fingerprint density at radius 3 is 2.39 bits per heavy atom. The summed E-state index contributed by atoms with van der Waals surface area (Å²) in [7, 11) is 0. The van der Waals surface area contributed by atoms with Crippen LogP contribution >= 0.6 is 0 Å². The largest absolute Gasteiger partial charge is 0.491 e. The number of β-amino-alcohol motifs (C(OH)–C–C–N with tert-alkyl or cyclic N) is 1. The zero-order valence-corrected chi connectivity index (χ0v) is 17.1. The van der Waals surface area contributed by atoms with Crippen molar-refractivity contribution in [3.63, 3.8) is 0 Å². The average molecular weight is 388 g/mol. The third kappa shape index (κ3) is 6.46. The summed E-state index contributed by atoms with van der Waals surface area (Å²) in [5, 5.41) is 19.1. The molecule has 28 heavy (non-hydrogen) atoms. The number of nitriles is 1. The first kappa shape index (κ1) is 21.1. The van der Waals surface area contributed by atoms with Crippen LogP contribution < -0.4 is 4.74 Å². The molecule has 0 bridgehead atoms. The zero-order valence-electron chi connectivity index (χ0n) is 17.1. The van der Waals surface area contributed by atoms with Crippen LogP contribution in [0, 0.1) is 17.2 Å². The number of nitrogens with zero attached hydrogens (tertiary/aromatic N) is 3. The molecule has 0 spiro atoms. The number of ether oxygens (including phenoxy) is 2. The van der Waals surface area contributed by atoms with Gasteiger partial charge in [-0.3, -0.25) is 4.90 Å². The molecular formula is C22H33N3O3. The first-order chi connectivity index (χ1) is 13.5. The van der Waals surface area contributed by atoms with Gasteiger partial charge >= 0.3 is 0 Å². The summed E-state index contributed by atoms with van der Waals surface area (Å²) in [6.07, 6.45) is 2.52. The minimum atomic E-state index is -0.506. The number of aliphatic hydroxyl groups excluding tert-OH is 1. The number of hydrogen-bond acceptors (Lipinski definition) is 6. The van der Waals surface area contributed by atoms with E-state index in [4.69, 9.17) is 14.7 Å². The SMILES string of the molecule is CC1CN(CC2CCN(CC(O)COc3ccc(C#N)cc3)CC2)CC(C)O1. The van der Waals surface area contributed by atoms with Gasteiger partial charge in [0.1, 0.15) is 18.5 Å². The summed E-state index contributed by atoms with van der Waals surface area (Å²) in [6.45, 7) is 10.5. The molecule has 6 heteroatoms. The van der Waals surface area contributed by atoms with E-state index in [1.165, 1.54) is 12.8 Å². The molecule has 0 amide bonds. The fourth-order valence-corrected chi connectivity index (χ4v) is 4.32. The Labute approximate surface area is 168 Å². The maximum absolute atomic E-state index is 10.3. The van der Waals surface area contributed by atoms with Crippen molar-refractivity contribution in [2.75, 3.05) is 45.9 Å². The van der Waals surface area contributed by atoms with E-state index in [0.29, 0.717) is 30.1 Å². The molecule has 6 nitrogen and oxygen atoms in total. The molecule has 154 valence electrons. The van der Waals surface area contributed by atoms with Crippen molar-refractivity contribution in [3.8, 4) is 11.8 Å². The molecule has 1 aromatic carbocycles. The quantitative estimate of drug-likeness (QED) is 0.773. The molecule has 0 aromatic heterocycles. The Kier molecular flexibility index (Phi) is 7.69. The maximum atomic E-state index is 10.3. The summed E-state index contributed by atoms with van der Waals surface area (Å²) >= 11 is 0. The molecule has 3 atom stereocenters. The van der Waals surface area contributed by atoms with Crippen molar-refractivity contribution in [2.45, 2.75) is 45.0 Å². The summed E-state index contributed by atoms with van der Waals surface area (Å²) in [5.74, 6) is 1.42. The van der Waals surface area contributed by atoms with E-state index in [0.717, 1.165) is 38.6 Å². The highest BCUT2D eigenvalue weighted by Gasteiger charge is 2.27. The van der Waals surface area contributed by atoms with Crippen molar-refractivity contribution in [1.82, 2.24) is 9.80 Å². The highest BCUT2D eigenvalue weighted by Crippen LogP contribution is 2.21. The van der Waals surface area contributed by atoms with Crippen molar-refractivity contribution in [1.29, 1.82) is 5.26 Å². The van der Waals surface area contributed by atoms with Gasteiger partial charge in [-0.2, -0.15) is 5.26 Å². The molecule has 2 aliphatic heterocycles. The lowest BCUT2D eigenvalue weighted by Gasteiger charge is -2.39. The molecule has 0 radical (unpaired) electrons. The van der Waals surface area contributed by atoms with Crippen LogP contribution in [0.4, 0.5) is 0 Å². The lowest BCUT2D eigenvalue weighted by Crippen LogP contribution is -2.48. The van der Waals surface area contributed by atoms with Crippen molar-refractivity contribution < 1.29 is 14.6 Å². The Bertz CT molecular complexity index is 627. The summed E-state index contributed by atoms with van der Waals surface area (Å²) < 4.78 is 11.5. The van der Waals surface area contributed by atoms with Crippen LogP contribution in [0.3, 0.4) is 0 Å². The van der Waals surface area contributed by atoms with E-state index >= 15 is 0 Å². The number of morpholine rings is 1. The predicted octanol–water partition coefficient (Wildman–Crippen LogP) is 2.12. The topological polar surface area (TPSA) is 69.0 Å². The molecule has 2 fully saturated rings. The number of benzene rings is 1. The highest BCUT2D eigenvalue weighted by molar-refractivity contribution is 5.34. The van der Waals surface area contributed by atoms with Crippen molar-refractivity contribution in [2.24, 2.45) is 5.92 Å². The molecule has 1 N–H and O–H groups in total. The fraction of sp³-hybridized carbons (Fsp3) is 0.682. The number of likely N-dealkylation sites (tertiary alicyclic amines) is 1. The Balaban J connectivity index is 1.33. The molecule has 3 unspecified atom stereocenters. The van der Waals surface area contributed by atoms with E-state index in [2.05, 4.69) is 29.7 Å². The standard InChI is InChI=1S/C22H33N3O3/c1-17-12-25(13-18(2)28-17)14-20-7-9-24(10-8-20)15-21(26)16-27-22-5-3-19(11-23)4-6-22/h3-6,17-18,20-21,26H,7-10,12-16H2,1-2H3. The van der Waals surface area contributed by atoms with Gasteiger partial charge in [-0.05, 0) is 70.0 Å². The normalized spacial score (nSPS) is 25.9. The summed E-state index contributed by atoms with van der Waals surface area (Å²) in [5.41, 5.74) is 0.608. The van der Waals surface area contributed by atoms with E-state index in [1.807, 2.05) is 0 Å². The molecule has 1 aromatic rings. The molecule has 0 aliphatic carbocycles. The molecule has 2 saturated heterocycles. The number of aliphatic hydroxyl groups is 1. The Morgan fingerprint density at radius 1 is 1.14 bits per heavy atom. The number of hydrogen-bond donors (Lipinski definition) is 1. The van der Waals surface area contributed by atoms with E-state index in [1.54, 1.807) is 24.3 Å². The third-order valence-corrected chi connectivity index (χ3v) is 5.61. The van der Waals surface area contributed by atoms with E-state index < -0.39 is 6.10 Å². The van der Waals surface area contributed by atoms with Crippen LogP contribution in [0.1, 0.15) is 32.3 Å². The van der Waals surface area contributed by atoms with Crippen LogP contribution in [0.15, 0.2) is 24.3 Å². The minimum absolute atomic E-state index is 0.273. The maximum Gasteiger partial charge on any atom is 0.119 e. The van der Waals surface area contributed by atoms with Crippen LogP contribution in [0.25, 0.3) is 0 Å². The second-order valence-corrected chi connectivity index (χ2v) is 8.32. The highest BCUT2D eigenvalue weighted by atomic mass is 16.5. The van der Waals surface area contributed by atoms with Crippen molar-refractivity contribution >= 4 is 0 Å². The lowest BCUT2D eigenvalue weighted by molar-refractivity contribution is -0.0734. The molecule has 0 saturated carbocycles. The van der Waals surface area contributed by atoms with Crippen molar-refractivity contribution in [3.05, 3.63) is 29.8 Å². The van der Waals surface area contributed by atoms with Crippen LogP contribution in [0.5, 0.6) is 5.75 Å². The zero-order chi connectivity index (χ0) is 19.9. The first-order valence-corrected chi connectivity index (χ1v) is 10.4. The molecule has 2 heterocycles. The van der Waals surface area contributed by atoms with Gasteiger partial charge in [-0.25, -0.2) is 0 Å². The van der Waals surface area contributed by atoms with Gasteiger partial charge in [-0.1, -0.05) is 0 Å². The first-order valence-electron chi connectivity index (χ1n) is 10.4. The van der Waals surface area contributed by atoms with E-state index in [-0.39, 0.29) is 6.61 Å². The molecule has 2 aliphatic rings. The van der Waals surface area contributed by atoms with Gasteiger partial charge in [0.15, 0.2) is 0 Å². The smallest absolute Gasteiger partial charge is 0.119 e. The Hall–Kier alpha value is -1.65. The van der Waals surface area contributed by atoms with Gasteiger partial charge in [0.2, 0.25) is 0 Å². The van der Waals surface area contributed by atoms with Gasteiger partial charge in [-0.15, -0.1) is 0 Å².